The van der Waals surface area contributed by atoms with Crippen molar-refractivity contribution in [2.45, 2.75) is 52.4 Å². The number of hydroxylamine groups is 2. The molecule has 0 bridgehead atoms. The molecule has 0 aliphatic carbocycles. The molecule has 2 amide bonds. The number of anilines is 2. The summed E-state index contributed by atoms with van der Waals surface area (Å²) in [4.78, 5) is 38.3. The topological polar surface area (TPSA) is 124 Å². The van der Waals surface area contributed by atoms with Crippen LogP contribution in [0, 0.1) is 5.92 Å². The van der Waals surface area contributed by atoms with Gasteiger partial charge in [-0.15, -0.1) is 0 Å². The summed E-state index contributed by atoms with van der Waals surface area (Å²) in [6.07, 6.45) is 5.48. The molecule has 1 aliphatic rings. The Hall–Kier alpha value is -2.49. The maximum absolute atomic E-state index is 12.5. The molecule has 1 aromatic heterocycles. The molecule has 27 heavy (non-hydrogen) atoms. The molecule has 1 fully saturated rings. The van der Waals surface area contributed by atoms with Crippen LogP contribution in [0.4, 0.5) is 11.9 Å². The summed E-state index contributed by atoms with van der Waals surface area (Å²) in [5.41, 5.74) is 5.34. The van der Waals surface area contributed by atoms with Gasteiger partial charge in [0.25, 0.3) is 0 Å². The van der Waals surface area contributed by atoms with Crippen LogP contribution in [0.5, 0.6) is 0 Å². The Morgan fingerprint density at radius 1 is 1.30 bits per heavy atom. The second-order valence-corrected chi connectivity index (χ2v) is 6.60. The highest BCUT2D eigenvalue weighted by Crippen LogP contribution is 2.17. The number of amides is 2. The highest BCUT2D eigenvalue weighted by Gasteiger charge is 2.22. The zero-order chi connectivity index (χ0) is 19.6. The fourth-order valence-corrected chi connectivity index (χ4v) is 2.71. The van der Waals surface area contributed by atoms with Gasteiger partial charge in [0, 0.05) is 19.5 Å². The standard InChI is InChI=1S/C17H29N7O3/c1-3-5-6-8-13(11-24(27)12-25)15(26)21-22-16-18-14(4-2)19-17(20-16)23-9-7-10-23/h12-13,27H,3-11H2,1-2H3,(H,21,26)(H,18,19,20,22). The van der Waals surface area contributed by atoms with E-state index in [1.54, 1.807) is 0 Å². The molecule has 3 N–H and O–H groups in total. The molecule has 0 spiro atoms. The first kappa shape index (κ1) is 20.8. The minimum absolute atomic E-state index is 0.0584. The van der Waals surface area contributed by atoms with Crippen LogP contribution in [0.25, 0.3) is 0 Å². The fourth-order valence-electron chi connectivity index (χ4n) is 2.71. The number of aryl methyl sites for hydroxylation is 1. The van der Waals surface area contributed by atoms with Crippen LogP contribution in [0.3, 0.4) is 0 Å². The zero-order valence-electron chi connectivity index (χ0n) is 16.0. The minimum Gasteiger partial charge on any atom is -0.341 e. The lowest BCUT2D eigenvalue weighted by Gasteiger charge is -2.31. The van der Waals surface area contributed by atoms with Crippen LogP contribution in [-0.4, -0.2) is 57.2 Å². The van der Waals surface area contributed by atoms with Gasteiger partial charge < -0.3 is 4.90 Å². The normalized spacial score (nSPS) is 14.3. The predicted octanol–water partition coefficient (Wildman–Crippen LogP) is 1.13. The van der Waals surface area contributed by atoms with Gasteiger partial charge in [0.1, 0.15) is 5.82 Å². The number of nitrogens with zero attached hydrogens (tertiary/aromatic N) is 5. The number of hydrazine groups is 1. The summed E-state index contributed by atoms with van der Waals surface area (Å²) in [5.74, 6) is 0.677. The van der Waals surface area contributed by atoms with E-state index >= 15 is 0 Å². The molecule has 1 unspecified atom stereocenters. The Labute approximate surface area is 159 Å². The fraction of sp³-hybridized carbons (Fsp3) is 0.706. The second-order valence-electron chi connectivity index (χ2n) is 6.60. The van der Waals surface area contributed by atoms with Crippen molar-refractivity contribution in [3.05, 3.63) is 5.82 Å². The van der Waals surface area contributed by atoms with E-state index in [-0.39, 0.29) is 18.4 Å². The third-order valence-electron chi connectivity index (χ3n) is 4.48. The number of hydrogen-bond acceptors (Lipinski definition) is 8. The molecule has 1 aromatic rings. The highest BCUT2D eigenvalue weighted by molar-refractivity contribution is 5.80. The van der Waals surface area contributed by atoms with Crippen molar-refractivity contribution < 1.29 is 14.8 Å². The summed E-state index contributed by atoms with van der Waals surface area (Å²) >= 11 is 0. The second kappa shape index (κ2) is 10.6. The van der Waals surface area contributed by atoms with E-state index in [4.69, 9.17) is 0 Å². The number of carbonyl (C=O) groups excluding carboxylic acids is 2. The largest absolute Gasteiger partial charge is 0.341 e. The maximum Gasteiger partial charge on any atom is 0.246 e. The first-order chi connectivity index (χ1) is 13.1. The van der Waals surface area contributed by atoms with Crippen molar-refractivity contribution >= 4 is 24.2 Å². The first-order valence-corrected chi connectivity index (χ1v) is 9.53. The lowest BCUT2D eigenvalue weighted by molar-refractivity contribution is -0.154. The molecular formula is C17H29N7O3. The molecule has 0 radical (unpaired) electrons. The number of hydrogen-bond donors (Lipinski definition) is 3. The molecule has 10 nitrogen and oxygen atoms in total. The molecule has 150 valence electrons. The van der Waals surface area contributed by atoms with Crippen molar-refractivity contribution in [3.8, 4) is 0 Å². The van der Waals surface area contributed by atoms with E-state index in [0.29, 0.717) is 36.1 Å². The van der Waals surface area contributed by atoms with Gasteiger partial charge in [-0.2, -0.15) is 15.0 Å². The number of carbonyl (C=O) groups is 2. The summed E-state index contributed by atoms with van der Waals surface area (Å²) in [7, 11) is 0. The number of rotatable bonds is 12. The molecule has 2 heterocycles. The van der Waals surface area contributed by atoms with Gasteiger partial charge in [0.05, 0.1) is 12.5 Å². The van der Waals surface area contributed by atoms with E-state index in [1.807, 2.05) is 6.92 Å². The quantitative estimate of drug-likeness (QED) is 0.214. The van der Waals surface area contributed by atoms with Crippen LogP contribution in [0.15, 0.2) is 0 Å². The molecule has 0 aromatic carbocycles. The lowest BCUT2D eigenvalue weighted by Crippen LogP contribution is -2.41. The van der Waals surface area contributed by atoms with Crippen LogP contribution in [-0.2, 0) is 16.0 Å². The number of unbranched alkanes of at least 4 members (excludes halogenated alkanes) is 2. The van der Waals surface area contributed by atoms with Crippen LogP contribution in [0.2, 0.25) is 0 Å². The number of aromatic nitrogens is 3. The minimum atomic E-state index is -0.526. The molecular weight excluding hydrogens is 350 g/mol. The Kier molecular flexibility index (Phi) is 8.18. The molecule has 2 rings (SSSR count). The summed E-state index contributed by atoms with van der Waals surface area (Å²) in [5, 5.41) is 9.94. The third kappa shape index (κ3) is 6.31. The molecule has 10 heteroatoms. The Bertz CT molecular complexity index is 625. The molecule has 1 atom stereocenters. The van der Waals surface area contributed by atoms with Gasteiger partial charge in [0.15, 0.2) is 0 Å². The Morgan fingerprint density at radius 2 is 2.07 bits per heavy atom. The molecule has 1 aliphatic heterocycles. The highest BCUT2D eigenvalue weighted by atomic mass is 16.5. The van der Waals surface area contributed by atoms with Gasteiger partial charge in [-0.1, -0.05) is 33.1 Å². The van der Waals surface area contributed by atoms with Gasteiger partial charge >= 0.3 is 0 Å². The average Bonchev–Trinajstić information content (AvgIpc) is 2.63. The monoisotopic (exact) mass is 379 g/mol. The van der Waals surface area contributed by atoms with Crippen LogP contribution >= 0.6 is 0 Å². The zero-order valence-corrected chi connectivity index (χ0v) is 16.0. The smallest absolute Gasteiger partial charge is 0.246 e. The summed E-state index contributed by atoms with van der Waals surface area (Å²) < 4.78 is 0. The Morgan fingerprint density at radius 3 is 2.67 bits per heavy atom. The van der Waals surface area contributed by atoms with E-state index in [2.05, 4.69) is 37.6 Å². The van der Waals surface area contributed by atoms with Crippen molar-refractivity contribution in [3.63, 3.8) is 0 Å². The summed E-state index contributed by atoms with van der Waals surface area (Å²) in [6, 6.07) is 0. The first-order valence-electron chi connectivity index (χ1n) is 9.53. The molecule has 1 saturated heterocycles. The third-order valence-corrected chi connectivity index (χ3v) is 4.48. The number of nitrogens with one attached hydrogen (secondary N) is 2. The van der Waals surface area contributed by atoms with E-state index < -0.39 is 5.92 Å². The van der Waals surface area contributed by atoms with Crippen LogP contribution in [0.1, 0.15) is 51.8 Å². The summed E-state index contributed by atoms with van der Waals surface area (Å²) in [6.45, 7) is 5.79. The van der Waals surface area contributed by atoms with Crippen molar-refractivity contribution in [1.29, 1.82) is 0 Å². The van der Waals surface area contributed by atoms with Gasteiger partial charge in [-0.05, 0) is 12.8 Å². The molecule has 0 saturated carbocycles. The SMILES string of the molecule is CCCCCC(CN(O)C=O)C(=O)NNc1nc(CC)nc(N2CCC2)n1. The van der Waals surface area contributed by atoms with Gasteiger partial charge in [-0.25, -0.2) is 5.06 Å². The van der Waals surface area contributed by atoms with Crippen molar-refractivity contribution in [2.24, 2.45) is 5.92 Å². The van der Waals surface area contributed by atoms with Gasteiger partial charge in [0.2, 0.25) is 24.2 Å². The average molecular weight is 379 g/mol. The Balaban J connectivity index is 1.98. The van der Waals surface area contributed by atoms with Gasteiger partial charge in [-0.3, -0.25) is 25.6 Å². The van der Waals surface area contributed by atoms with Crippen molar-refractivity contribution in [2.75, 3.05) is 30.0 Å². The predicted molar refractivity (Wildman–Crippen MR) is 100.0 cm³/mol. The lowest BCUT2D eigenvalue weighted by atomic mass is 10.0. The van der Waals surface area contributed by atoms with E-state index in [1.165, 1.54) is 0 Å². The van der Waals surface area contributed by atoms with E-state index in [9.17, 15) is 14.8 Å². The van der Waals surface area contributed by atoms with Crippen molar-refractivity contribution in [1.82, 2.24) is 25.4 Å². The van der Waals surface area contributed by atoms with Crippen LogP contribution < -0.4 is 15.8 Å². The van der Waals surface area contributed by atoms with E-state index in [0.717, 1.165) is 38.8 Å². The maximum atomic E-state index is 12.5.